The van der Waals surface area contributed by atoms with Crippen molar-refractivity contribution >= 4 is 11.6 Å². The van der Waals surface area contributed by atoms with Crippen molar-refractivity contribution in [2.75, 3.05) is 6.54 Å². The number of benzene rings is 1. The molecule has 19 heavy (non-hydrogen) atoms. The molecular weight excluding hydrogens is 258 g/mol. The fourth-order valence-electron chi connectivity index (χ4n) is 1.97. The van der Waals surface area contributed by atoms with Crippen LogP contribution in [0.4, 0.5) is 0 Å². The Morgan fingerprint density at radius 2 is 2.16 bits per heavy atom. The summed E-state index contributed by atoms with van der Waals surface area (Å²) >= 11 is 6.19. The van der Waals surface area contributed by atoms with Crippen molar-refractivity contribution in [1.82, 2.24) is 14.9 Å². The number of hydrogen-bond donors (Lipinski definition) is 1. The van der Waals surface area contributed by atoms with Gasteiger partial charge in [-0.2, -0.15) is 0 Å². The predicted octanol–water partition coefficient (Wildman–Crippen LogP) is 3.51. The zero-order chi connectivity index (χ0) is 13.8. The van der Waals surface area contributed by atoms with E-state index < -0.39 is 0 Å². The van der Waals surface area contributed by atoms with Crippen molar-refractivity contribution in [1.29, 1.82) is 0 Å². The van der Waals surface area contributed by atoms with E-state index in [-0.39, 0.29) is 0 Å². The first-order chi connectivity index (χ1) is 9.08. The van der Waals surface area contributed by atoms with Gasteiger partial charge in [0, 0.05) is 29.7 Å². The molecule has 0 spiro atoms. The molecule has 2 aromatic rings. The number of imidazole rings is 1. The summed E-state index contributed by atoms with van der Waals surface area (Å²) in [5.74, 6) is 0. The third-order valence-electron chi connectivity index (χ3n) is 3.09. The summed E-state index contributed by atoms with van der Waals surface area (Å²) in [4.78, 5) is 4.24. The maximum atomic E-state index is 6.19. The molecule has 0 saturated carbocycles. The normalized spacial score (nSPS) is 11.2. The first-order valence-electron chi connectivity index (χ1n) is 6.58. The Morgan fingerprint density at radius 3 is 2.84 bits per heavy atom. The lowest BCUT2D eigenvalue weighted by Crippen LogP contribution is -2.26. The average Bonchev–Trinajstić information content (AvgIpc) is 2.80. The molecule has 1 heterocycles. The topological polar surface area (TPSA) is 29.9 Å². The first-order valence-corrected chi connectivity index (χ1v) is 6.96. The van der Waals surface area contributed by atoms with Gasteiger partial charge in [-0.3, -0.25) is 0 Å². The van der Waals surface area contributed by atoms with Crippen LogP contribution >= 0.6 is 11.6 Å². The molecule has 1 N–H and O–H groups in total. The summed E-state index contributed by atoms with van der Waals surface area (Å²) in [5.41, 5.74) is 3.31. The highest BCUT2D eigenvalue weighted by atomic mass is 35.5. The van der Waals surface area contributed by atoms with E-state index in [0.717, 1.165) is 34.9 Å². The van der Waals surface area contributed by atoms with Crippen LogP contribution in [0, 0.1) is 6.92 Å². The van der Waals surface area contributed by atoms with Crippen LogP contribution in [0.3, 0.4) is 0 Å². The Morgan fingerprint density at radius 1 is 1.37 bits per heavy atom. The van der Waals surface area contributed by atoms with E-state index in [2.05, 4.69) is 34.8 Å². The molecule has 0 saturated heterocycles. The maximum Gasteiger partial charge on any atom is 0.0951 e. The standard InChI is InChI=1S/C15H20ClN3/c1-11(2)18-6-7-19-10-17-9-15(19)13-5-4-12(3)14(16)8-13/h4-5,8-11,18H,6-7H2,1-3H3. The molecule has 3 nitrogen and oxygen atoms in total. The first kappa shape index (κ1) is 14.1. The number of nitrogens with zero attached hydrogens (tertiary/aromatic N) is 2. The van der Waals surface area contributed by atoms with Gasteiger partial charge < -0.3 is 9.88 Å². The molecule has 1 aromatic heterocycles. The van der Waals surface area contributed by atoms with E-state index >= 15 is 0 Å². The van der Waals surface area contributed by atoms with Gasteiger partial charge in [0.25, 0.3) is 0 Å². The molecule has 4 heteroatoms. The zero-order valence-electron chi connectivity index (χ0n) is 11.7. The molecule has 2 rings (SSSR count). The van der Waals surface area contributed by atoms with Crippen LogP contribution in [-0.4, -0.2) is 22.1 Å². The van der Waals surface area contributed by atoms with Crippen molar-refractivity contribution in [3.63, 3.8) is 0 Å². The average molecular weight is 278 g/mol. The van der Waals surface area contributed by atoms with E-state index in [9.17, 15) is 0 Å². The minimum absolute atomic E-state index is 0.501. The van der Waals surface area contributed by atoms with E-state index in [1.165, 1.54) is 0 Å². The molecule has 0 unspecified atom stereocenters. The van der Waals surface area contributed by atoms with Gasteiger partial charge >= 0.3 is 0 Å². The van der Waals surface area contributed by atoms with Gasteiger partial charge in [0.15, 0.2) is 0 Å². The van der Waals surface area contributed by atoms with E-state index in [1.807, 2.05) is 31.6 Å². The quantitative estimate of drug-likeness (QED) is 0.906. The summed E-state index contributed by atoms with van der Waals surface area (Å²) in [6, 6.07) is 6.63. The molecular formula is C15H20ClN3. The molecule has 0 bridgehead atoms. The van der Waals surface area contributed by atoms with E-state index in [0.29, 0.717) is 6.04 Å². The van der Waals surface area contributed by atoms with Crippen LogP contribution in [0.1, 0.15) is 19.4 Å². The van der Waals surface area contributed by atoms with E-state index in [1.54, 1.807) is 0 Å². The summed E-state index contributed by atoms with van der Waals surface area (Å²) < 4.78 is 2.15. The molecule has 0 aliphatic carbocycles. The van der Waals surface area contributed by atoms with Gasteiger partial charge in [-0.1, -0.05) is 37.6 Å². The second-order valence-corrected chi connectivity index (χ2v) is 5.45. The second kappa shape index (κ2) is 6.22. The Bertz CT molecular complexity index is 546. The third kappa shape index (κ3) is 3.58. The largest absolute Gasteiger partial charge is 0.329 e. The molecule has 102 valence electrons. The fraction of sp³-hybridized carbons (Fsp3) is 0.400. The van der Waals surface area contributed by atoms with Crippen LogP contribution in [-0.2, 0) is 6.54 Å². The highest BCUT2D eigenvalue weighted by molar-refractivity contribution is 6.31. The van der Waals surface area contributed by atoms with Crippen molar-refractivity contribution in [2.45, 2.75) is 33.4 Å². The lowest BCUT2D eigenvalue weighted by atomic mass is 10.1. The van der Waals surface area contributed by atoms with Gasteiger partial charge in [0.1, 0.15) is 0 Å². The fourth-order valence-corrected chi connectivity index (χ4v) is 2.15. The van der Waals surface area contributed by atoms with E-state index in [4.69, 9.17) is 11.6 Å². The molecule has 0 aliphatic heterocycles. The number of hydrogen-bond acceptors (Lipinski definition) is 2. The molecule has 0 aliphatic rings. The molecule has 0 fully saturated rings. The molecule has 1 aromatic carbocycles. The van der Waals surface area contributed by atoms with Gasteiger partial charge in [0.2, 0.25) is 0 Å². The number of aromatic nitrogens is 2. The summed E-state index contributed by atoms with van der Waals surface area (Å²) in [6.07, 6.45) is 3.75. The van der Waals surface area contributed by atoms with Crippen LogP contribution in [0.15, 0.2) is 30.7 Å². The smallest absolute Gasteiger partial charge is 0.0951 e. The zero-order valence-corrected chi connectivity index (χ0v) is 12.4. The second-order valence-electron chi connectivity index (χ2n) is 5.05. The summed E-state index contributed by atoms with van der Waals surface area (Å²) in [5, 5.41) is 4.21. The van der Waals surface area contributed by atoms with Crippen LogP contribution in [0.2, 0.25) is 5.02 Å². The highest BCUT2D eigenvalue weighted by Crippen LogP contribution is 2.24. The Balaban J connectivity index is 2.16. The molecule has 0 atom stereocenters. The van der Waals surface area contributed by atoms with Crippen LogP contribution < -0.4 is 5.32 Å². The lowest BCUT2D eigenvalue weighted by Gasteiger charge is -2.11. The van der Waals surface area contributed by atoms with Crippen molar-refractivity contribution in [2.24, 2.45) is 0 Å². The van der Waals surface area contributed by atoms with Gasteiger partial charge in [0.05, 0.1) is 18.2 Å². The number of nitrogens with one attached hydrogen (secondary N) is 1. The van der Waals surface area contributed by atoms with Crippen molar-refractivity contribution in [3.8, 4) is 11.3 Å². The Labute approximate surface area is 119 Å². The van der Waals surface area contributed by atoms with Crippen molar-refractivity contribution < 1.29 is 0 Å². The Hall–Kier alpha value is -1.32. The number of aryl methyl sites for hydroxylation is 1. The summed E-state index contributed by atoms with van der Waals surface area (Å²) in [7, 11) is 0. The minimum Gasteiger partial charge on any atom is -0.329 e. The van der Waals surface area contributed by atoms with Crippen molar-refractivity contribution in [3.05, 3.63) is 41.3 Å². The Kier molecular flexibility index (Phi) is 4.61. The number of rotatable bonds is 5. The highest BCUT2D eigenvalue weighted by Gasteiger charge is 2.06. The SMILES string of the molecule is Cc1ccc(-c2cncn2CCNC(C)C)cc1Cl. The van der Waals surface area contributed by atoms with Crippen LogP contribution in [0.5, 0.6) is 0 Å². The maximum absolute atomic E-state index is 6.19. The monoisotopic (exact) mass is 277 g/mol. The van der Waals surface area contributed by atoms with Gasteiger partial charge in [-0.05, 0) is 18.6 Å². The summed E-state index contributed by atoms with van der Waals surface area (Å²) in [6.45, 7) is 8.14. The number of halogens is 1. The van der Waals surface area contributed by atoms with Crippen LogP contribution in [0.25, 0.3) is 11.3 Å². The predicted molar refractivity (Wildman–Crippen MR) is 80.5 cm³/mol. The van der Waals surface area contributed by atoms with Gasteiger partial charge in [-0.25, -0.2) is 4.98 Å². The van der Waals surface area contributed by atoms with Gasteiger partial charge in [-0.15, -0.1) is 0 Å². The lowest BCUT2D eigenvalue weighted by molar-refractivity contribution is 0.543. The molecule has 0 radical (unpaired) electrons. The molecule has 0 amide bonds. The third-order valence-corrected chi connectivity index (χ3v) is 3.49. The minimum atomic E-state index is 0.501.